The summed E-state index contributed by atoms with van der Waals surface area (Å²) in [5, 5.41) is 3.25. The number of allylic oxidation sites excluding steroid dienone is 1. The van der Waals surface area contributed by atoms with Crippen LogP contribution in [0, 0.1) is 0 Å². The highest BCUT2D eigenvalue weighted by atomic mass is 14.9. The van der Waals surface area contributed by atoms with E-state index in [2.05, 4.69) is 32.3 Å². The molecule has 10 heavy (non-hydrogen) atoms. The van der Waals surface area contributed by atoms with Crippen molar-refractivity contribution in [1.82, 2.24) is 5.32 Å². The molecule has 0 amide bonds. The molecule has 0 bridgehead atoms. The fraction of sp³-hybridized carbons (Fsp3) is 0.556. The van der Waals surface area contributed by atoms with Gasteiger partial charge in [-0.3, -0.25) is 0 Å². The maximum absolute atomic E-state index is 3.78. The average molecular weight is 139 g/mol. The van der Waals surface area contributed by atoms with Crippen molar-refractivity contribution in [2.24, 2.45) is 0 Å². The fourth-order valence-electron chi connectivity index (χ4n) is 0.814. The van der Waals surface area contributed by atoms with Crippen molar-refractivity contribution in [3.63, 3.8) is 0 Å². The number of hydrogen-bond donors (Lipinski definition) is 1. The highest BCUT2D eigenvalue weighted by Crippen LogP contribution is 1.98. The van der Waals surface area contributed by atoms with E-state index in [0.717, 1.165) is 18.5 Å². The lowest BCUT2D eigenvalue weighted by Crippen LogP contribution is -2.25. The van der Waals surface area contributed by atoms with E-state index in [0.29, 0.717) is 6.04 Å². The van der Waals surface area contributed by atoms with Crippen LogP contribution in [0.15, 0.2) is 24.9 Å². The van der Waals surface area contributed by atoms with E-state index in [1.807, 2.05) is 0 Å². The number of nitrogens with one attached hydrogen (secondary N) is 1. The van der Waals surface area contributed by atoms with Gasteiger partial charge in [0.05, 0.1) is 0 Å². The molecule has 1 nitrogen and oxygen atoms in total. The molecule has 0 spiro atoms. The monoisotopic (exact) mass is 139 g/mol. The molecule has 58 valence electrons. The molecule has 1 N–H and O–H groups in total. The van der Waals surface area contributed by atoms with Crippen LogP contribution in [0.25, 0.3) is 0 Å². The fourth-order valence-corrected chi connectivity index (χ4v) is 0.814. The lowest BCUT2D eigenvalue weighted by molar-refractivity contribution is 0.541. The minimum atomic E-state index is 0.561. The Hall–Kier alpha value is -0.720. The average Bonchev–Trinajstić information content (AvgIpc) is 1.99. The third-order valence-corrected chi connectivity index (χ3v) is 1.62. The van der Waals surface area contributed by atoms with E-state index < -0.39 is 0 Å². The second-order valence-electron chi connectivity index (χ2n) is 2.39. The third kappa shape index (κ3) is 3.33. The zero-order chi connectivity index (χ0) is 7.98. The molecule has 0 unspecified atom stereocenters. The van der Waals surface area contributed by atoms with Crippen LogP contribution in [0.5, 0.6) is 0 Å². The molecular weight excluding hydrogens is 122 g/mol. The van der Waals surface area contributed by atoms with Crippen LogP contribution in [-0.2, 0) is 0 Å². The van der Waals surface area contributed by atoms with Crippen molar-refractivity contribution in [3.8, 4) is 0 Å². The SMILES string of the molecule is C=CC(=C)NC(CC)CC. The van der Waals surface area contributed by atoms with Gasteiger partial charge in [-0.05, 0) is 18.9 Å². The summed E-state index contributed by atoms with van der Waals surface area (Å²) in [6.45, 7) is 11.7. The number of rotatable bonds is 5. The molecule has 0 aliphatic rings. The molecule has 0 aliphatic heterocycles. The Kier molecular flexibility index (Phi) is 4.73. The summed E-state index contributed by atoms with van der Waals surface area (Å²) in [7, 11) is 0. The van der Waals surface area contributed by atoms with Gasteiger partial charge in [0.15, 0.2) is 0 Å². The Morgan fingerprint density at radius 1 is 1.50 bits per heavy atom. The molecule has 0 radical (unpaired) electrons. The predicted octanol–water partition coefficient (Wildman–Crippen LogP) is 2.46. The van der Waals surface area contributed by atoms with Gasteiger partial charge in [-0.2, -0.15) is 0 Å². The first-order chi connectivity index (χ1) is 4.74. The quantitative estimate of drug-likeness (QED) is 0.577. The van der Waals surface area contributed by atoms with Crippen LogP contribution in [0.4, 0.5) is 0 Å². The Morgan fingerprint density at radius 2 is 2.00 bits per heavy atom. The van der Waals surface area contributed by atoms with Gasteiger partial charge in [-0.25, -0.2) is 0 Å². The van der Waals surface area contributed by atoms with Crippen LogP contribution in [0.3, 0.4) is 0 Å². The van der Waals surface area contributed by atoms with Crippen molar-refractivity contribution in [3.05, 3.63) is 24.9 Å². The second kappa shape index (κ2) is 5.10. The Labute approximate surface area is 63.8 Å². The molecule has 0 heterocycles. The smallest absolute Gasteiger partial charge is 0.0263 e. The first kappa shape index (κ1) is 9.28. The Morgan fingerprint density at radius 3 is 2.30 bits per heavy atom. The summed E-state index contributed by atoms with van der Waals surface area (Å²) >= 11 is 0. The second-order valence-corrected chi connectivity index (χ2v) is 2.39. The zero-order valence-corrected chi connectivity index (χ0v) is 6.98. The molecule has 0 aromatic carbocycles. The highest BCUT2D eigenvalue weighted by Gasteiger charge is 1.99. The maximum Gasteiger partial charge on any atom is 0.0263 e. The van der Waals surface area contributed by atoms with Gasteiger partial charge in [-0.15, -0.1) is 0 Å². The molecule has 0 fully saturated rings. The predicted molar refractivity (Wildman–Crippen MR) is 46.8 cm³/mol. The van der Waals surface area contributed by atoms with Crippen LogP contribution in [0.1, 0.15) is 26.7 Å². The van der Waals surface area contributed by atoms with Crippen LogP contribution in [0.2, 0.25) is 0 Å². The lowest BCUT2D eigenvalue weighted by atomic mass is 10.1. The Bertz CT molecular complexity index is 112. The van der Waals surface area contributed by atoms with Gasteiger partial charge >= 0.3 is 0 Å². The molecule has 0 atom stereocenters. The topological polar surface area (TPSA) is 12.0 Å². The minimum absolute atomic E-state index is 0.561. The van der Waals surface area contributed by atoms with E-state index in [-0.39, 0.29) is 0 Å². The van der Waals surface area contributed by atoms with Gasteiger partial charge in [0, 0.05) is 11.7 Å². The van der Waals surface area contributed by atoms with E-state index in [4.69, 9.17) is 0 Å². The molecule has 0 rings (SSSR count). The Balaban J connectivity index is 3.62. The van der Waals surface area contributed by atoms with Gasteiger partial charge in [0.25, 0.3) is 0 Å². The standard InChI is InChI=1S/C9H17N/c1-5-8(4)10-9(6-2)7-3/h5,9-10H,1,4,6-7H2,2-3H3. The van der Waals surface area contributed by atoms with E-state index in [1.165, 1.54) is 0 Å². The van der Waals surface area contributed by atoms with Crippen molar-refractivity contribution in [2.45, 2.75) is 32.7 Å². The van der Waals surface area contributed by atoms with Crippen molar-refractivity contribution in [2.75, 3.05) is 0 Å². The number of hydrogen-bond acceptors (Lipinski definition) is 1. The molecule has 0 aliphatic carbocycles. The molecule has 0 saturated carbocycles. The first-order valence-corrected chi connectivity index (χ1v) is 3.82. The summed E-state index contributed by atoms with van der Waals surface area (Å²) in [6.07, 6.45) is 4.03. The summed E-state index contributed by atoms with van der Waals surface area (Å²) in [4.78, 5) is 0. The third-order valence-electron chi connectivity index (χ3n) is 1.62. The van der Waals surface area contributed by atoms with E-state index in [1.54, 1.807) is 6.08 Å². The van der Waals surface area contributed by atoms with Crippen molar-refractivity contribution >= 4 is 0 Å². The lowest BCUT2D eigenvalue weighted by Gasteiger charge is -2.15. The van der Waals surface area contributed by atoms with Crippen molar-refractivity contribution < 1.29 is 0 Å². The van der Waals surface area contributed by atoms with Gasteiger partial charge < -0.3 is 5.32 Å². The highest BCUT2D eigenvalue weighted by molar-refractivity contribution is 5.09. The van der Waals surface area contributed by atoms with Crippen molar-refractivity contribution in [1.29, 1.82) is 0 Å². The summed E-state index contributed by atoms with van der Waals surface area (Å²) in [5.74, 6) is 0. The summed E-state index contributed by atoms with van der Waals surface area (Å²) in [6, 6.07) is 0.561. The first-order valence-electron chi connectivity index (χ1n) is 3.82. The largest absolute Gasteiger partial charge is 0.383 e. The summed E-state index contributed by atoms with van der Waals surface area (Å²) in [5.41, 5.74) is 0.925. The maximum atomic E-state index is 3.78. The van der Waals surface area contributed by atoms with Gasteiger partial charge in [0.1, 0.15) is 0 Å². The molecule has 0 aromatic rings. The molecule has 0 saturated heterocycles. The normalized spacial score (nSPS) is 9.50. The molecule has 0 aromatic heterocycles. The van der Waals surface area contributed by atoms with E-state index >= 15 is 0 Å². The molecule has 1 heteroatoms. The van der Waals surface area contributed by atoms with Crippen LogP contribution in [-0.4, -0.2) is 6.04 Å². The zero-order valence-electron chi connectivity index (χ0n) is 6.98. The van der Waals surface area contributed by atoms with Crippen LogP contribution < -0.4 is 5.32 Å². The van der Waals surface area contributed by atoms with E-state index in [9.17, 15) is 0 Å². The van der Waals surface area contributed by atoms with Gasteiger partial charge in [0.2, 0.25) is 0 Å². The molecular formula is C9H17N. The summed E-state index contributed by atoms with van der Waals surface area (Å²) < 4.78 is 0. The van der Waals surface area contributed by atoms with Crippen LogP contribution >= 0.6 is 0 Å². The minimum Gasteiger partial charge on any atom is -0.383 e. The van der Waals surface area contributed by atoms with Gasteiger partial charge in [-0.1, -0.05) is 27.0 Å².